The van der Waals surface area contributed by atoms with Crippen molar-refractivity contribution in [2.45, 2.75) is 39.7 Å². The lowest BCUT2D eigenvalue weighted by molar-refractivity contribution is 0.295. The van der Waals surface area contributed by atoms with Crippen LogP contribution in [0.5, 0.6) is 11.6 Å². The molecule has 0 radical (unpaired) electrons. The first-order valence-electron chi connectivity index (χ1n) is 9.21. The highest BCUT2D eigenvalue weighted by atomic mass is 16.5. The lowest BCUT2D eigenvalue weighted by atomic mass is 9.83. The Kier molecular flexibility index (Phi) is 5.50. The first-order chi connectivity index (χ1) is 12.9. The van der Waals surface area contributed by atoms with E-state index in [1.165, 1.54) is 5.56 Å². The van der Waals surface area contributed by atoms with Crippen LogP contribution >= 0.6 is 0 Å². The Morgan fingerprint density at radius 3 is 2.37 bits per heavy atom. The topological polar surface area (TPSA) is 31.4 Å². The Labute approximate surface area is 162 Å². The largest absolute Gasteiger partial charge is 0.496 e. The minimum Gasteiger partial charge on any atom is -0.496 e. The van der Waals surface area contributed by atoms with Crippen molar-refractivity contribution in [1.29, 1.82) is 0 Å². The van der Waals surface area contributed by atoms with E-state index in [0.29, 0.717) is 12.5 Å². The zero-order valence-corrected chi connectivity index (χ0v) is 16.7. The number of aromatic nitrogens is 1. The average Bonchev–Trinajstić information content (AvgIpc) is 2.66. The summed E-state index contributed by atoms with van der Waals surface area (Å²) in [6.45, 7) is 9.17. The summed E-state index contributed by atoms with van der Waals surface area (Å²) in [5, 5.41) is 0. The van der Waals surface area contributed by atoms with Gasteiger partial charge in [-0.05, 0) is 53.3 Å². The van der Waals surface area contributed by atoms with Crippen molar-refractivity contribution in [3.63, 3.8) is 0 Å². The van der Waals surface area contributed by atoms with E-state index in [2.05, 4.69) is 63.0 Å². The highest BCUT2D eigenvalue weighted by molar-refractivity contribution is 5.72. The molecule has 0 aliphatic carbocycles. The summed E-state index contributed by atoms with van der Waals surface area (Å²) in [5.41, 5.74) is 5.46. The van der Waals surface area contributed by atoms with Crippen LogP contribution in [-0.4, -0.2) is 12.1 Å². The molecular formula is C24H27NO2. The van der Waals surface area contributed by atoms with Crippen molar-refractivity contribution >= 4 is 0 Å². The number of pyridine rings is 1. The lowest BCUT2D eigenvalue weighted by Crippen LogP contribution is -2.14. The molecule has 3 heteroatoms. The molecule has 0 aliphatic heterocycles. The number of methoxy groups -OCH3 is 1. The number of nitrogens with zero attached hydrogens (tertiary/aromatic N) is 1. The van der Waals surface area contributed by atoms with Crippen LogP contribution in [0.2, 0.25) is 0 Å². The van der Waals surface area contributed by atoms with Crippen LogP contribution in [0, 0.1) is 6.92 Å². The Morgan fingerprint density at radius 2 is 1.70 bits per heavy atom. The molecule has 3 aromatic rings. The molecule has 27 heavy (non-hydrogen) atoms. The molecule has 1 heterocycles. The second kappa shape index (κ2) is 7.83. The maximum atomic E-state index is 6.06. The molecule has 0 unspecified atom stereocenters. The molecule has 1 aromatic heterocycles. The van der Waals surface area contributed by atoms with E-state index in [1.807, 2.05) is 24.3 Å². The SMILES string of the molecule is COc1c(C)cc(-c2cccnc2OCc2ccccc2)cc1C(C)(C)C. The fraction of sp³-hybridized carbons (Fsp3) is 0.292. The van der Waals surface area contributed by atoms with Crippen molar-refractivity contribution in [2.75, 3.05) is 7.11 Å². The van der Waals surface area contributed by atoms with Gasteiger partial charge >= 0.3 is 0 Å². The Bertz CT molecular complexity index is 911. The first kappa shape index (κ1) is 19.0. The standard InChI is InChI=1S/C24H27NO2/c1-17-14-19(15-21(22(17)26-5)24(2,3)4)20-12-9-13-25-23(20)27-16-18-10-7-6-8-11-18/h6-15H,16H2,1-5H3. The Hall–Kier alpha value is -2.81. The molecule has 0 saturated carbocycles. The van der Waals surface area contributed by atoms with Gasteiger partial charge in [-0.3, -0.25) is 0 Å². The lowest BCUT2D eigenvalue weighted by Gasteiger charge is -2.25. The molecule has 3 nitrogen and oxygen atoms in total. The molecule has 3 rings (SSSR count). The zero-order valence-electron chi connectivity index (χ0n) is 16.7. The van der Waals surface area contributed by atoms with Crippen LogP contribution in [0.25, 0.3) is 11.1 Å². The van der Waals surface area contributed by atoms with Crippen LogP contribution in [-0.2, 0) is 12.0 Å². The van der Waals surface area contributed by atoms with Gasteiger partial charge in [0.2, 0.25) is 5.88 Å². The highest BCUT2D eigenvalue weighted by Crippen LogP contribution is 2.39. The summed E-state index contributed by atoms with van der Waals surface area (Å²) in [7, 11) is 1.73. The van der Waals surface area contributed by atoms with Gasteiger partial charge in [0.25, 0.3) is 0 Å². The van der Waals surface area contributed by atoms with E-state index >= 15 is 0 Å². The summed E-state index contributed by atoms with van der Waals surface area (Å²) >= 11 is 0. The van der Waals surface area contributed by atoms with E-state index in [4.69, 9.17) is 9.47 Å². The van der Waals surface area contributed by atoms with Gasteiger partial charge in [0.1, 0.15) is 12.4 Å². The zero-order chi connectivity index (χ0) is 19.4. The molecule has 0 N–H and O–H groups in total. The fourth-order valence-corrected chi connectivity index (χ4v) is 3.21. The maximum Gasteiger partial charge on any atom is 0.221 e. The van der Waals surface area contributed by atoms with E-state index in [0.717, 1.165) is 28.0 Å². The van der Waals surface area contributed by atoms with Crippen LogP contribution in [0.3, 0.4) is 0 Å². The number of hydrogen-bond donors (Lipinski definition) is 0. The molecule has 0 bridgehead atoms. The van der Waals surface area contributed by atoms with Gasteiger partial charge < -0.3 is 9.47 Å². The van der Waals surface area contributed by atoms with Crippen molar-refractivity contribution in [3.8, 4) is 22.8 Å². The van der Waals surface area contributed by atoms with Crippen LogP contribution in [0.1, 0.15) is 37.5 Å². The Morgan fingerprint density at radius 1 is 0.963 bits per heavy atom. The normalized spacial score (nSPS) is 11.3. The maximum absolute atomic E-state index is 6.06. The summed E-state index contributed by atoms with van der Waals surface area (Å²) in [6.07, 6.45) is 1.77. The minimum atomic E-state index is -0.0284. The number of rotatable bonds is 5. The van der Waals surface area contributed by atoms with Crippen molar-refractivity contribution in [3.05, 3.63) is 77.5 Å². The van der Waals surface area contributed by atoms with Gasteiger partial charge in [0.05, 0.1) is 7.11 Å². The molecule has 0 saturated heterocycles. The number of benzene rings is 2. The van der Waals surface area contributed by atoms with Gasteiger partial charge in [-0.2, -0.15) is 0 Å². The average molecular weight is 361 g/mol. The van der Waals surface area contributed by atoms with Crippen LogP contribution < -0.4 is 9.47 Å². The van der Waals surface area contributed by atoms with Crippen molar-refractivity contribution in [2.24, 2.45) is 0 Å². The summed E-state index contributed by atoms with van der Waals surface area (Å²) < 4.78 is 11.7. The molecule has 0 atom stereocenters. The van der Waals surface area contributed by atoms with Crippen LogP contribution in [0.15, 0.2) is 60.8 Å². The number of hydrogen-bond acceptors (Lipinski definition) is 3. The van der Waals surface area contributed by atoms with Crippen molar-refractivity contribution in [1.82, 2.24) is 4.98 Å². The van der Waals surface area contributed by atoms with E-state index in [-0.39, 0.29) is 5.41 Å². The number of aryl methyl sites for hydroxylation is 1. The summed E-state index contributed by atoms with van der Waals surface area (Å²) in [5.74, 6) is 1.59. The molecule has 2 aromatic carbocycles. The summed E-state index contributed by atoms with van der Waals surface area (Å²) in [6, 6.07) is 18.5. The molecule has 0 aliphatic rings. The van der Waals surface area contributed by atoms with Crippen molar-refractivity contribution < 1.29 is 9.47 Å². The molecular weight excluding hydrogens is 334 g/mol. The summed E-state index contributed by atoms with van der Waals surface area (Å²) in [4.78, 5) is 4.48. The van der Waals surface area contributed by atoms with E-state index in [1.54, 1.807) is 13.3 Å². The third kappa shape index (κ3) is 4.30. The highest BCUT2D eigenvalue weighted by Gasteiger charge is 2.22. The molecule has 0 fully saturated rings. The first-order valence-corrected chi connectivity index (χ1v) is 9.21. The third-order valence-electron chi connectivity index (χ3n) is 4.59. The fourth-order valence-electron chi connectivity index (χ4n) is 3.21. The molecule has 0 amide bonds. The smallest absolute Gasteiger partial charge is 0.221 e. The second-order valence-electron chi connectivity index (χ2n) is 7.75. The monoisotopic (exact) mass is 361 g/mol. The number of ether oxygens (including phenoxy) is 2. The van der Waals surface area contributed by atoms with Crippen LogP contribution in [0.4, 0.5) is 0 Å². The predicted octanol–water partition coefficient (Wildman–Crippen LogP) is 5.94. The van der Waals surface area contributed by atoms with Gasteiger partial charge in [-0.15, -0.1) is 0 Å². The quantitative estimate of drug-likeness (QED) is 0.563. The predicted molar refractivity (Wildman–Crippen MR) is 110 cm³/mol. The van der Waals surface area contributed by atoms with Gasteiger partial charge in [0, 0.05) is 17.3 Å². The molecule has 0 spiro atoms. The third-order valence-corrected chi connectivity index (χ3v) is 4.59. The van der Waals surface area contributed by atoms with Gasteiger partial charge in [-0.25, -0.2) is 4.98 Å². The molecule has 140 valence electrons. The van der Waals surface area contributed by atoms with Gasteiger partial charge in [0.15, 0.2) is 0 Å². The minimum absolute atomic E-state index is 0.0284. The second-order valence-corrected chi connectivity index (χ2v) is 7.75. The van der Waals surface area contributed by atoms with E-state index in [9.17, 15) is 0 Å². The van der Waals surface area contributed by atoms with E-state index < -0.39 is 0 Å². The Balaban J connectivity index is 2.01. The van der Waals surface area contributed by atoms with Gasteiger partial charge in [-0.1, -0.05) is 51.1 Å².